The Morgan fingerprint density at radius 2 is 1.57 bits per heavy atom. The molecule has 4 rings (SSSR count). The molecule has 1 aliphatic heterocycles. The lowest BCUT2D eigenvalue weighted by Crippen LogP contribution is -2.47. The zero-order valence-electron chi connectivity index (χ0n) is 21.4. The van der Waals surface area contributed by atoms with Gasteiger partial charge < -0.3 is 14.7 Å². The summed E-state index contributed by atoms with van der Waals surface area (Å²) >= 11 is 0. The summed E-state index contributed by atoms with van der Waals surface area (Å²) in [6.07, 6.45) is -0.501. The monoisotopic (exact) mass is 522 g/mol. The van der Waals surface area contributed by atoms with Gasteiger partial charge in [0.2, 0.25) is 10.0 Å². The van der Waals surface area contributed by atoms with E-state index in [1.54, 1.807) is 42.3 Å². The number of sulfonamides is 1. The number of carbonyl (C=O) groups is 1. The minimum atomic E-state index is -3.72. The zero-order valence-corrected chi connectivity index (χ0v) is 22.3. The molecule has 0 saturated carbocycles. The van der Waals surface area contributed by atoms with Crippen LogP contribution in [0.3, 0.4) is 0 Å². The molecule has 0 fully saturated rings. The summed E-state index contributed by atoms with van der Waals surface area (Å²) < 4.78 is 34.2. The Labute approximate surface area is 219 Å². The molecule has 3 atom stereocenters. The van der Waals surface area contributed by atoms with Gasteiger partial charge in [-0.2, -0.15) is 4.31 Å². The Kier molecular flexibility index (Phi) is 8.44. The number of fused-ring (bicyclic) bond motifs is 3. The van der Waals surface area contributed by atoms with Crippen LogP contribution in [0.2, 0.25) is 0 Å². The average molecular weight is 523 g/mol. The van der Waals surface area contributed by atoms with E-state index in [0.29, 0.717) is 12.1 Å². The van der Waals surface area contributed by atoms with Crippen LogP contribution in [0.4, 0.5) is 0 Å². The number of benzene rings is 3. The number of amides is 1. The van der Waals surface area contributed by atoms with Crippen LogP contribution in [0.15, 0.2) is 83.8 Å². The third-order valence-electron chi connectivity index (χ3n) is 6.98. The first-order chi connectivity index (χ1) is 17.7. The molecule has 196 valence electrons. The van der Waals surface area contributed by atoms with Gasteiger partial charge in [-0.15, -0.1) is 0 Å². The fraction of sp³-hybridized carbons (Fsp3) is 0.345. The van der Waals surface area contributed by atoms with E-state index >= 15 is 0 Å². The van der Waals surface area contributed by atoms with Gasteiger partial charge in [-0.25, -0.2) is 8.42 Å². The Morgan fingerprint density at radius 3 is 2.24 bits per heavy atom. The van der Waals surface area contributed by atoms with E-state index in [0.717, 1.165) is 16.7 Å². The van der Waals surface area contributed by atoms with Crippen LogP contribution in [-0.4, -0.2) is 67.5 Å². The van der Waals surface area contributed by atoms with Crippen molar-refractivity contribution < 1.29 is 23.1 Å². The fourth-order valence-corrected chi connectivity index (χ4v) is 5.88. The predicted molar refractivity (Wildman–Crippen MR) is 143 cm³/mol. The molecule has 1 amide bonds. The first kappa shape index (κ1) is 27.0. The lowest BCUT2D eigenvalue weighted by atomic mass is 9.94. The van der Waals surface area contributed by atoms with Gasteiger partial charge in [-0.3, -0.25) is 4.79 Å². The van der Waals surface area contributed by atoms with E-state index in [9.17, 15) is 18.3 Å². The SMILES string of the molecule is C[C@@H]1CN([C@H](C)CO)C(=O)c2ccccc2-c2ccccc2CO[C@@H]1CN(C)S(=O)(=O)c1ccccc1. The molecule has 1 N–H and O–H groups in total. The molecule has 0 saturated heterocycles. The van der Waals surface area contributed by atoms with Gasteiger partial charge in [-0.1, -0.05) is 67.6 Å². The number of ether oxygens (including phenoxy) is 1. The lowest BCUT2D eigenvalue weighted by Gasteiger charge is -2.35. The fourth-order valence-electron chi connectivity index (χ4n) is 4.68. The number of nitrogens with zero attached hydrogens (tertiary/aromatic N) is 2. The number of hydrogen-bond acceptors (Lipinski definition) is 5. The molecule has 0 aliphatic carbocycles. The van der Waals surface area contributed by atoms with Crippen molar-refractivity contribution in [1.82, 2.24) is 9.21 Å². The number of likely N-dealkylation sites (N-methyl/N-ethyl adjacent to an activating group) is 1. The molecule has 1 heterocycles. The van der Waals surface area contributed by atoms with Crippen molar-refractivity contribution in [3.63, 3.8) is 0 Å². The van der Waals surface area contributed by atoms with Crippen LogP contribution in [0.5, 0.6) is 0 Å². The summed E-state index contributed by atoms with van der Waals surface area (Å²) in [5, 5.41) is 9.97. The summed E-state index contributed by atoms with van der Waals surface area (Å²) in [7, 11) is -2.17. The number of aliphatic hydroxyl groups is 1. The summed E-state index contributed by atoms with van der Waals surface area (Å²) in [4.78, 5) is 15.7. The minimum Gasteiger partial charge on any atom is -0.394 e. The van der Waals surface area contributed by atoms with E-state index in [4.69, 9.17) is 4.74 Å². The molecule has 0 radical (unpaired) electrons. The van der Waals surface area contributed by atoms with Crippen LogP contribution < -0.4 is 0 Å². The van der Waals surface area contributed by atoms with E-state index in [2.05, 4.69) is 0 Å². The normalized spacial score (nSPS) is 19.6. The molecule has 7 nitrogen and oxygen atoms in total. The van der Waals surface area contributed by atoms with Crippen molar-refractivity contribution in [1.29, 1.82) is 0 Å². The Balaban J connectivity index is 1.74. The topological polar surface area (TPSA) is 87.2 Å². The van der Waals surface area contributed by atoms with E-state index in [1.807, 2.05) is 62.4 Å². The molecule has 0 aromatic heterocycles. The van der Waals surface area contributed by atoms with Gasteiger partial charge in [0.1, 0.15) is 0 Å². The van der Waals surface area contributed by atoms with Crippen molar-refractivity contribution in [3.05, 3.63) is 90.0 Å². The number of aliphatic hydroxyl groups excluding tert-OH is 1. The molecule has 3 aromatic carbocycles. The minimum absolute atomic E-state index is 0.114. The van der Waals surface area contributed by atoms with E-state index < -0.39 is 22.2 Å². The van der Waals surface area contributed by atoms with Gasteiger partial charge in [0, 0.05) is 31.6 Å². The van der Waals surface area contributed by atoms with Gasteiger partial charge in [0.15, 0.2) is 0 Å². The van der Waals surface area contributed by atoms with E-state index in [1.165, 1.54) is 4.31 Å². The largest absolute Gasteiger partial charge is 0.394 e. The molecule has 8 heteroatoms. The van der Waals surface area contributed by atoms with Crippen LogP contribution in [0, 0.1) is 5.92 Å². The highest BCUT2D eigenvalue weighted by atomic mass is 32.2. The quantitative estimate of drug-likeness (QED) is 0.528. The van der Waals surface area contributed by atoms with Crippen LogP contribution in [0.25, 0.3) is 11.1 Å². The maximum atomic E-state index is 13.9. The summed E-state index contributed by atoms with van der Waals surface area (Å²) in [6.45, 7) is 4.25. The zero-order chi connectivity index (χ0) is 26.6. The second-order valence-electron chi connectivity index (χ2n) is 9.62. The summed E-state index contributed by atoms with van der Waals surface area (Å²) in [5.74, 6) is -0.395. The van der Waals surface area contributed by atoms with Gasteiger partial charge in [-0.05, 0) is 41.8 Å². The maximum absolute atomic E-state index is 13.9. The summed E-state index contributed by atoms with van der Waals surface area (Å²) in [5.41, 5.74) is 3.17. The Bertz CT molecular complexity index is 1330. The maximum Gasteiger partial charge on any atom is 0.254 e. The molecule has 0 unspecified atom stereocenters. The Morgan fingerprint density at radius 1 is 0.973 bits per heavy atom. The second kappa shape index (κ2) is 11.6. The molecule has 0 spiro atoms. The number of rotatable bonds is 6. The highest BCUT2D eigenvalue weighted by Gasteiger charge is 2.32. The van der Waals surface area contributed by atoms with Crippen molar-refractivity contribution in [3.8, 4) is 11.1 Å². The lowest BCUT2D eigenvalue weighted by molar-refractivity contribution is -0.0146. The van der Waals surface area contributed by atoms with Crippen LogP contribution >= 0.6 is 0 Å². The number of carbonyl (C=O) groups excluding carboxylic acids is 1. The summed E-state index contributed by atoms with van der Waals surface area (Å²) in [6, 6.07) is 23.2. The third kappa shape index (κ3) is 5.78. The molecular formula is C29H34N2O5S. The van der Waals surface area contributed by atoms with Gasteiger partial charge in [0.25, 0.3) is 5.91 Å². The smallest absolute Gasteiger partial charge is 0.254 e. The molecule has 3 aromatic rings. The van der Waals surface area contributed by atoms with Crippen molar-refractivity contribution in [2.75, 3.05) is 26.7 Å². The van der Waals surface area contributed by atoms with Gasteiger partial charge in [0.05, 0.1) is 30.3 Å². The highest BCUT2D eigenvalue weighted by molar-refractivity contribution is 7.89. The molecule has 0 bridgehead atoms. The first-order valence-electron chi connectivity index (χ1n) is 12.5. The third-order valence-corrected chi connectivity index (χ3v) is 8.82. The standard InChI is InChI=1S/C29H34N2O5S/c1-21-17-31(22(2)19-32)29(33)27-16-10-9-15-26(27)25-14-8-7-11-23(25)20-36-28(21)18-30(3)37(34,35)24-12-5-4-6-13-24/h4-16,21-22,28,32H,17-20H2,1-3H3/t21-,22-,28-/m1/s1. The molecule has 1 aliphatic rings. The van der Waals surface area contributed by atoms with Gasteiger partial charge >= 0.3 is 0 Å². The van der Waals surface area contributed by atoms with Crippen molar-refractivity contribution in [2.24, 2.45) is 5.92 Å². The van der Waals surface area contributed by atoms with Crippen molar-refractivity contribution >= 4 is 15.9 Å². The number of hydrogen-bond donors (Lipinski definition) is 1. The van der Waals surface area contributed by atoms with E-state index in [-0.39, 0.29) is 36.5 Å². The Hall–Kier alpha value is -3.04. The van der Waals surface area contributed by atoms with Crippen LogP contribution in [0.1, 0.15) is 29.8 Å². The average Bonchev–Trinajstić information content (AvgIpc) is 2.94. The second-order valence-corrected chi connectivity index (χ2v) is 11.7. The predicted octanol–water partition coefficient (Wildman–Crippen LogP) is 4.03. The van der Waals surface area contributed by atoms with Crippen LogP contribution in [-0.2, 0) is 21.4 Å². The van der Waals surface area contributed by atoms with Crippen molar-refractivity contribution in [2.45, 2.75) is 37.5 Å². The highest BCUT2D eigenvalue weighted by Crippen LogP contribution is 2.31. The first-order valence-corrected chi connectivity index (χ1v) is 13.9. The molecule has 37 heavy (non-hydrogen) atoms. The molecular weight excluding hydrogens is 488 g/mol.